The highest BCUT2D eigenvalue weighted by Gasteiger charge is 2.72. The molecule has 4 aliphatic heterocycles. The van der Waals surface area contributed by atoms with Gasteiger partial charge in [-0.05, 0) is 74.0 Å². The monoisotopic (exact) mass is 950 g/mol. The fourth-order valence-corrected chi connectivity index (χ4v) is 13.9. The summed E-state index contributed by atoms with van der Waals surface area (Å²) in [6.45, 7) is 8.18. The first-order chi connectivity index (χ1) is 30.9. The maximum absolute atomic E-state index is 14.3. The molecule has 66 heavy (non-hydrogen) atoms. The summed E-state index contributed by atoms with van der Waals surface area (Å²) in [5.41, 5.74) is -3.21. The molecule has 0 aromatic heterocycles. The smallest absolute Gasteiger partial charge is 0.187 e. The SMILES string of the molecule is CC(CCC1(O)OC2CC3C4CC(O)C5(O)CC(OC6OC(CO)C(O)C(O)C6OC6OC(C)C(O)C(O)C6O)C(=O)CC5(C)C4CCC3(C)C2C1C)COC1OC(CO)C(O)C(O)C1O. The Morgan fingerprint density at radius 3 is 2.03 bits per heavy atom. The molecule has 0 aromatic rings. The maximum Gasteiger partial charge on any atom is 0.187 e. The fraction of sp³-hybridized carbons (Fsp3) is 0.978. The predicted octanol–water partition coefficient (Wildman–Crippen LogP) is -3.49. The van der Waals surface area contributed by atoms with E-state index in [1.165, 1.54) is 6.92 Å². The van der Waals surface area contributed by atoms with Crippen LogP contribution in [0.2, 0.25) is 0 Å². The first kappa shape index (κ1) is 51.2. The van der Waals surface area contributed by atoms with Crippen LogP contribution in [0.1, 0.15) is 86.0 Å². The number of hydrogen-bond donors (Lipinski definition) is 13. The molecule has 0 radical (unpaired) electrons. The van der Waals surface area contributed by atoms with Crippen LogP contribution in [0, 0.1) is 46.3 Å². The van der Waals surface area contributed by atoms with Crippen LogP contribution in [0.3, 0.4) is 0 Å². The summed E-state index contributed by atoms with van der Waals surface area (Å²) >= 11 is 0. The second-order valence-electron chi connectivity index (χ2n) is 21.7. The summed E-state index contributed by atoms with van der Waals surface area (Å²) in [4.78, 5) is 14.3. The van der Waals surface area contributed by atoms with Gasteiger partial charge < -0.3 is 99.5 Å². The molecule has 4 saturated carbocycles. The number of Topliss-reactive ketones (excluding diaryl/α,β-unsaturated/α-hetero) is 1. The van der Waals surface area contributed by atoms with E-state index in [4.69, 9.17) is 33.2 Å². The standard InChI is InChI=1S/C45H74O21/c1-17(16-60-39-36(56)34(54)31(51)26(14-46)63-39)6-9-45(59)18(2)29-24(66-45)11-22-20-10-28(49)44(58)13-25(23(48)12-43(44,5)21(20)7-8-42(22,29)4)62-41-38(35(55)32(52)27(15-47)64-41)65-40-37(57)33(53)30(50)19(3)61-40/h17-22,24-41,46-47,49-59H,6-16H2,1-5H3. The predicted molar refractivity (Wildman–Crippen MR) is 221 cm³/mol. The van der Waals surface area contributed by atoms with E-state index in [0.717, 1.165) is 6.42 Å². The van der Waals surface area contributed by atoms with Crippen molar-refractivity contribution in [1.82, 2.24) is 0 Å². The lowest BCUT2D eigenvalue weighted by molar-refractivity contribution is -0.370. The van der Waals surface area contributed by atoms with Crippen molar-refractivity contribution in [3.8, 4) is 0 Å². The van der Waals surface area contributed by atoms with Gasteiger partial charge in [-0.3, -0.25) is 4.79 Å². The highest BCUT2D eigenvalue weighted by molar-refractivity contribution is 5.85. The molecule has 4 heterocycles. The van der Waals surface area contributed by atoms with Crippen molar-refractivity contribution in [2.45, 2.75) is 208 Å². The van der Waals surface area contributed by atoms with Crippen molar-refractivity contribution in [2.24, 2.45) is 46.3 Å². The summed E-state index contributed by atoms with van der Waals surface area (Å²) in [6.07, 6.45) is -23.3. The minimum atomic E-state index is -1.82. The van der Waals surface area contributed by atoms with Gasteiger partial charge in [0.2, 0.25) is 0 Å². The topological polar surface area (TPSA) is 345 Å². The summed E-state index contributed by atoms with van der Waals surface area (Å²) in [7, 11) is 0. The van der Waals surface area contributed by atoms with Gasteiger partial charge in [-0.1, -0.05) is 27.7 Å². The number of rotatable bonds is 12. The Bertz CT molecular complexity index is 1710. The average Bonchev–Trinajstić information content (AvgIpc) is 3.71. The third kappa shape index (κ3) is 8.34. The minimum absolute atomic E-state index is 0.0235. The number of ether oxygens (including phenoxy) is 7. The van der Waals surface area contributed by atoms with E-state index in [1.54, 1.807) is 0 Å². The van der Waals surface area contributed by atoms with Crippen molar-refractivity contribution in [1.29, 1.82) is 0 Å². The van der Waals surface area contributed by atoms with E-state index >= 15 is 0 Å². The van der Waals surface area contributed by atoms with E-state index in [-0.39, 0.29) is 72.9 Å². The molecule has 4 aliphatic carbocycles. The van der Waals surface area contributed by atoms with Gasteiger partial charge in [0.15, 0.2) is 30.4 Å². The molecule has 4 saturated heterocycles. The first-order valence-corrected chi connectivity index (χ1v) is 23.8. The molecule has 8 rings (SSSR count). The zero-order valence-electron chi connectivity index (χ0n) is 38.2. The van der Waals surface area contributed by atoms with Gasteiger partial charge >= 0.3 is 0 Å². The minimum Gasteiger partial charge on any atom is -0.394 e. The van der Waals surface area contributed by atoms with Gasteiger partial charge in [0.1, 0.15) is 73.2 Å². The molecule has 0 spiro atoms. The van der Waals surface area contributed by atoms with Crippen LogP contribution in [-0.2, 0) is 38.0 Å². The van der Waals surface area contributed by atoms with Gasteiger partial charge in [-0.2, -0.15) is 0 Å². The van der Waals surface area contributed by atoms with Crippen molar-refractivity contribution < 1.29 is 104 Å². The normalized spacial score (nSPS) is 56.6. The fourth-order valence-electron chi connectivity index (χ4n) is 13.9. The van der Waals surface area contributed by atoms with Crippen molar-refractivity contribution in [3.63, 3.8) is 0 Å². The Morgan fingerprint density at radius 1 is 0.742 bits per heavy atom. The average molecular weight is 951 g/mol. The number of carbonyl (C=O) groups is 1. The molecule has 21 heteroatoms. The van der Waals surface area contributed by atoms with Gasteiger partial charge in [0.05, 0.1) is 43.7 Å². The summed E-state index contributed by atoms with van der Waals surface area (Å²) in [6, 6.07) is 0. The van der Waals surface area contributed by atoms with Gasteiger partial charge in [0, 0.05) is 30.6 Å². The lowest BCUT2D eigenvalue weighted by atomic mass is 9.42. The number of aliphatic hydroxyl groups is 13. The van der Waals surface area contributed by atoms with Crippen molar-refractivity contribution in [2.75, 3.05) is 19.8 Å². The Balaban J connectivity index is 0.919. The zero-order valence-corrected chi connectivity index (χ0v) is 38.2. The largest absolute Gasteiger partial charge is 0.394 e. The third-order valence-electron chi connectivity index (χ3n) is 18.0. The summed E-state index contributed by atoms with van der Waals surface area (Å²) in [5.74, 6) is -2.51. The summed E-state index contributed by atoms with van der Waals surface area (Å²) in [5, 5.41) is 140. The molecule has 8 fully saturated rings. The zero-order chi connectivity index (χ0) is 48.2. The molecule has 28 unspecified atom stereocenters. The van der Waals surface area contributed by atoms with Gasteiger partial charge in [-0.25, -0.2) is 0 Å². The van der Waals surface area contributed by atoms with Crippen molar-refractivity contribution >= 4 is 5.78 Å². The molecule has 21 nitrogen and oxygen atoms in total. The highest BCUT2D eigenvalue weighted by Crippen LogP contribution is 2.71. The number of fused-ring (bicyclic) bond motifs is 7. The van der Waals surface area contributed by atoms with E-state index < -0.39 is 140 Å². The summed E-state index contributed by atoms with van der Waals surface area (Å²) < 4.78 is 41.2. The molecule has 13 N–H and O–H groups in total. The molecule has 0 aromatic carbocycles. The van der Waals surface area contributed by atoms with Crippen LogP contribution in [0.4, 0.5) is 0 Å². The molecular weight excluding hydrogens is 876 g/mol. The van der Waals surface area contributed by atoms with Crippen LogP contribution < -0.4 is 0 Å². The van der Waals surface area contributed by atoms with Crippen LogP contribution in [0.15, 0.2) is 0 Å². The van der Waals surface area contributed by atoms with E-state index in [2.05, 4.69) is 6.92 Å². The molecule has 8 aliphatic rings. The number of carbonyl (C=O) groups excluding carboxylic acids is 1. The molecular formula is C45H74O21. The van der Waals surface area contributed by atoms with Crippen LogP contribution >= 0.6 is 0 Å². The molecule has 0 bridgehead atoms. The van der Waals surface area contributed by atoms with E-state index in [1.807, 2.05) is 20.8 Å². The Hall–Kier alpha value is -1.13. The highest BCUT2D eigenvalue weighted by atomic mass is 16.8. The lowest BCUT2D eigenvalue weighted by Crippen LogP contribution is -2.71. The lowest BCUT2D eigenvalue weighted by Gasteiger charge is -2.65. The maximum atomic E-state index is 14.3. The van der Waals surface area contributed by atoms with Crippen LogP contribution in [0.25, 0.3) is 0 Å². The van der Waals surface area contributed by atoms with Crippen LogP contribution in [0.5, 0.6) is 0 Å². The quantitative estimate of drug-likeness (QED) is 0.0845. The number of aliphatic hydroxyl groups excluding tert-OH is 11. The van der Waals surface area contributed by atoms with Crippen molar-refractivity contribution in [3.05, 3.63) is 0 Å². The number of hydrogen-bond acceptors (Lipinski definition) is 21. The van der Waals surface area contributed by atoms with Gasteiger partial charge in [-0.15, -0.1) is 0 Å². The number of ketones is 1. The second kappa shape index (κ2) is 18.8. The van der Waals surface area contributed by atoms with Crippen LogP contribution in [-0.4, -0.2) is 214 Å². The van der Waals surface area contributed by atoms with E-state index in [9.17, 15) is 71.2 Å². The van der Waals surface area contributed by atoms with Gasteiger partial charge in [0.25, 0.3) is 0 Å². The Labute approximate surface area is 383 Å². The first-order valence-electron chi connectivity index (χ1n) is 23.8. The Morgan fingerprint density at radius 2 is 1.36 bits per heavy atom. The Kier molecular flexibility index (Phi) is 14.6. The molecule has 0 amide bonds. The second-order valence-corrected chi connectivity index (χ2v) is 21.7. The molecule has 380 valence electrons. The van der Waals surface area contributed by atoms with E-state index in [0.29, 0.717) is 25.7 Å². The molecule has 28 atom stereocenters. The third-order valence-corrected chi connectivity index (χ3v) is 18.0.